The largest absolute Gasteiger partial charge is 0.507 e. The first-order valence-electron chi connectivity index (χ1n) is 8.03. The highest BCUT2D eigenvalue weighted by atomic mass is 16.5. The zero-order valence-electron chi connectivity index (χ0n) is 14.2. The Kier molecular flexibility index (Phi) is 6.00. The number of phenols is 1. The SMILES string of the molecule is CCCCOc1ccc(C(=O)Nc2cc(C)c(O)c(C(=O)O)c2)cc1. The summed E-state index contributed by atoms with van der Waals surface area (Å²) in [6.07, 6.45) is 2.01. The Hall–Kier alpha value is -3.02. The number of hydrogen-bond donors (Lipinski definition) is 3. The molecular weight excluding hydrogens is 322 g/mol. The van der Waals surface area contributed by atoms with Crippen LogP contribution in [0.5, 0.6) is 11.5 Å². The summed E-state index contributed by atoms with van der Waals surface area (Å²) in [5.74, 6) is -1.25. The molecule has 1 amide bonds. The second kappa shape index (κ2) is 8.19. The predicted molar refractivity (Wildman–Crippen MR) is 94.6 cm³/mol. The van der Waals surface area contributed by atoms with Crippen LogP contribution < -0.4 is 10.1 Å². The van der Waals surface area contributed by atoms with E-state index in [9.17, 15) is 14.7 Å². The van der Waals surface area contributed by atoms with Crippen molar-refractivity contribution in [3.05, 3.63) is 53.1 Å². The number of carboxylic acids is 1. The summed E-state index contributed by atoms with van der Waals surface area (Å²) in [5, 5.41) is 21.5. The van der Waals surface area contributed by atoms with E-state index in [1.54, 1.807) is 31.2 Å². The number of ether oxygens (including phenoxy) is 1. The molecule has 2 rings (SSSR count). The molecule has 0 atom stereocenters. The zero-order chi connectivity index (χ0) is 18.4. The molecule has 25 heavy (non-hydrogen) atoms. The minimum absolute atomic E-state index is 0.255. The lowest BCUT2D eigenvalue weighted by molar-refractivity contribution is 0.0693. The molecule has 0 aliphatic carbocycles. The first-order chi connectivity index (χ1) is 11.9. The Morgan fingerprint density at radius 2 is 1.84 bits per heavy atom. The third-order valence-electron chi connectivity index (χ3n) is 3.67. The highest BCUT2D eigenvalue weighted by Crippen LogP contribution is 2.27. The van der Waals surface area contributed by atoms with E-state index < -0.39 is 5.97 Å². The maximum absolute atomic E-state index is 12.3. The van der Waals surface area contributed by atoms with Gasteiger partial charge in [-0.2, -0.15) is 0 Å². The number of rotatable bonds is 7. The molecule has 0 bridgehead atoms. The summed E-state index contributed by atoms with van der Waals surface area (Å²) >= 11 is 0. The number of aromatic carboxylic acids is 1. The number of aryl methyl sites for hydroxylation is 1. The minimum Gasteiger partial charge on any atom is -0.507 e. The van der Waals surface area contributed by atoms with Gasteiger partial charge in [0.15, 0.2) is 0 Å². The van der Waals surface area contributed by atoms with Gasteiger partial charge in [0.1, 0.15) is 17.1 Å². The third-order valence-corrected chi connectivity index (χ3v) is 3.67. The van der Waals surface area contributed by atoms with Crippen LogP contribution in [0.25, 0.3) is 0 Å². The average Bonchev–Trinajstić information content (AvgIpc) is 2.58. The van der Waals surface area contributed by atoms with Gasteiger partial charge in [-0.15, -0.1) is 0 Å². The van der Waals surface area contributed by atoms with Gasteiger partial charge in [-0.05, 0) is 55.3 Å². The van der Waals surface area contributed by atoms with Gasteiger partial charge in [0.05, 0.1) is 6.61 Å². The average molecular weight is 343 g/mol. The fraction of sp³-hybridized carbons (Fsp3) is 0.263. The number of hydrogen-bond acceptors (Lipinski definition) is 4. The summed E-state index contributed by atoms with van der Waals surface area (Å²) in [6.45, 7) is 4.28. The fourth-order valence-corrected chi connectivity index (χ4v) is 2.25. The molecule has 0 aromatic heterocycles. The molecule has 0 heterocycles. The summed E-state index contributed by atoms with van der Waals surface area (Å²) in [5.41, 5.74) is 0.844. The number of carbonyl (C=O) groups is 2. The van der Waals surface area contributed by atoms with Gasteiger partial charge in [0.2, 0.25) is 0 Å². The topological polar surface area (TPSA) is 95.9 Å². The first-order valence-corrected chi connectivity index (χ1v) is 8.03. The van der Waals surface area contributed by atoms with Crippen molar-refractivity contribution in [2.45, 2.75) is 26.7 Å². The number of carbonyl (C=O) groups excluding carboxylic acids is 1. The smallest absolute Gasteiger partial charge is 0.339 e. The summed E-state index contributed by atoms with van der Waals surface area (Å²) in [6, 6.07) is 9.46. The Morgan fingerprint density at radius 1 is 1.16 bits per heavy atom. The first kappa shape index (κ1) is 18.3. The van der Waals surface area contributed by atoms with Gasteiger partial charge < -0.3 is 20.3 Å². The van der Waals surface area contributed by atoms with Crippen molar-refractivity contribution >= 4 is 17.6 Å². The third kappa shape index (κ3) is 4.73. The van der Waals surface area contributed by atoms with Crippen LogP contribution in [0.15, 0.2) is 36.4 Å². The Bertz CT molecular complexity index is 768. The highest BCUT2D eigenvalue weighted by Gasteiger charge is 2.15. The van der Waals surface area contributed by atoms with Gasteiger partial charge in [-0.1, -0.05) is 13.3 Å². The van der Waals surface area contributed by atoms with Gasteiger partial charge in [-0.3, -0.25) is 4.79 Å². The van der Waals surface area contributed by atoms with Crippen LogP contribution in [-0.2, 0) is 0 Å². The maximum atomic E-state index is 12.3. The molecule has 2 aromatic rings. The molecule has 6 nitrogen and oxygen atoms in total. The van der Waals surface area contributed by atoms with Gasteiger partial charge in [-0.25, -0.2) is 4.79 Å². The predicted octanol–water partition coefficient (Wildman–Crippen LogP) is 3.83. The molecule has 0 fully saturated rings. The summed E-state index contributed by atoms with van der Waals surface area (Å²) in [7, 11) is 0. The van der Waals surface area contributed by atoms with Crippen LogP contribution in [0.4, 0.5) is 5.69 Å². The molecule has 0 radical (unpaired) electrons. The minimum atomic E-state index is -1.26. The molecule has 132 valence electrons. The van der Waals surface area contributed by atoms with Crippen molar-refractivity contribution in [1.82, 2.24) is 0 Å². The second-order valence-corrected chi connectivity index (χ2v) is 5.67. The number of anilines is 1. The molecule has 0 spiro atoms. The standard InChI is InChI=1S/C19H21NO5/c1-3-4-9-25-15-7-5-13(6-8-15)18(22)20-14-10-12(2)17(21)16(11-14)19(23)24/h5-8,10-11,21H,3-4,9H2,1-2H3,(H,20,22)(H,23,24). The quantitative estimate of drug-likeness (QED) is 0.524. The monoisotopic (exact) mass is 343 g/mol. The number of amides is 1. The van der Waals surface area contributed by atoms with E-state index in [1.807, 2.05) is 0 Å². The molecule has 0 saturated carbocycles. The molecule has 0 saturated heterocycles. The lowest BCUT2D eigenvalue weighted by Gasteiger charge is -2.10. The highest BCUT2D eigenvalue weighted by molar-refractivity contribution is 6.05. The Balaban J connectivity index is 2.10. The number of nitrogens with one attached hydrogen (secondary N) is 1. The van der Waals surface area contributed by atoms with E-state index in [0.29, 0.717) is 29.2 Å². The Labute approximate surface area is 146 Å². The number of aromatic hydroxyl groups is 1. The van der Waals surface area contributed by atoms with E-state index in [4.69, 9.17) is 9.84 Å². The molecular formula is C19H21NO5. The van der Waals surface area contributed by atoms with Crippen molar-refractivity contribution in [3.63, 3.8) is 0 Å². The van der Waals surface area contributed by atoms with E-state index in [2.05, 4.69) is 12.2 Å². The van der Waals surface area contributed by atoms with E-state index >= 15 is 0 Å². The van der Waals surface area contributed by atoms with Crippen molar-refractivity contribution in [3.8, 4) is 11.5 Å². The van der Waals surface area contributed by atoms with Gasteiger partial charge in [0, 0.05) is 11.3 Å². The lowest BCUT2D eigenvalue weighted by atomic mass is 10.1. The number of benzene rings is 2. The van der Waals surface area contributed by atoms with Crippen LogP contribution in [0.1, 0.15) is 46.0 Å². The lowest BCUT2D eigenvalue weighted by Crippen LogP contribution is -2.13. The van der Waals surface area contributed by atoms with Crippen LogP contribution in [0, 0.1) is 6.92 Å². The van der Waals surface area contributed by atoms with Gasteiger partial charge >= 0.3 is 5.97 Å². The van der Waals surface area contributed by atoms with E-state index in [1.165, 1.54) is 12.1 Å². The van der Waals surface area contributed by atoms with Crippen molar-refractivity contribution in [2.24, 2.45) is 0 Å². The van der Waals surface area contributed by atoms with Crippen molar-refractivity contribution < 1.29 is 24.5 Å². The van der Waals surface area contributed by atoms with Crippen LogP contribution in [-0.4, -0.2) is 28.7 Å². The summed E-state index contributed by atoms with van der Waals surface area (Å²) < 4.78 is 5.55. The van der Waals surface area contributed by atoms with Gasteiger partial charge in [0.25, 0.3) is 5.91 Å². The second-order valence-electron chi connectivity index (χ2n) is 5.67. The maximum Gasteiger partial charge on any atom is 0.339 e. The molecule has 6 heteroatoms. The molecule has 0 unspecified atom stereocenters. The molecule has 2 aromatic carbocycles. The molecule has 0 aliphatic heterocycles. The zero-order valence-corrected chi connectivity index (χ0v) is 14.2. The van der Waals surface area contributed by atoms with Crippen LogP contribution in [0.2, 0.25) is 0 Å². The fourth-order valence-electron chi connectivity index (χ4n) is 2.25. The van der Waals surface area contributed by atoms with Crippen molar-refractivity contribution in [1.29, 1.82) is 0 Å². The molecule has 3 N–H and O–H groups in total. The van der Waals surface area contributed by atoms with Crippen molar-refractivity contribution in [2.75, 3.05) is 11.9 Å². The van der Waals surface area contributed by atoms with Crippen LogP contribution >= 0.6 is 0 Å². The molecule has 0 aliphatic rings. The number of carboxylic acid groups (broad SMARTS) is 1. The van der Waals surface area contributed by atoms with Crippen LogP contribution in [0.3, 0.4) is 0 Å². The van der Waals surface area contributed by atoms with E-state index in [-0.39, 0.29) is 17.2 Å². The summed E-state index contributed by atoms with van der Waals surface area (Å²) in [4.78, 5) is 23.4. The van der Waals surface area contributed by atoms with E-state index in [0.717, 1.165) is 12.8 Å². The number of unbranched alkanes of at least 4 members (excludes halogenated alkanes) is 1. The Morgan fingerprint density at radius 3 is 2.44 bits per heavy atom. The normalized spacial score (nSPS) is 10.3.